The Kier molecular flexibility index (Phi) is 8.95. The number of hydrogen-bond acceptors (Lipinski definition) is 4. The lowest BCUT2D eigenvalue weighted by molar-refractivity contribution is 0.414. The highest BCUT2D eigenvalue weighted by Crippen LogP contribution is 2.12. The van der Waals surface area contributed by atoms with Gasteiger partial charge in [0.2, 0.25) is 10.0 Å². The zero-order valence-electron chi connectivity index (χ0n) is 17.3. The first kappa shape index (κ1) is 22.7. The number of guanidine groups is 1. The summed E-state index contributed by atoms with van der Waals surface area (Å²) >= 11 is 0. The van der Waals surface area contributed by atoms with Gasteiger partial charge in [-0.05, 0) is 30.2 Å². The second kappa shape index (κ2) is 11.4. The molecule has 0 fully saturated rings. The molecule has 0 saturated heterocycles. The molecule has 158 valence electrons. The van der Waals surface area contributed by atoms with Crippen LogP contribution in [0.4, 0.5) is 0 Å². The molecule has 2 rings (SSSR count). The van der Waals surface area contributed by atoms with Crippen LogP contribution in [0.1, 0.15) is 18.1 Å². The van der Waals surface area contributed by atoms with Gasteiger partial charge >= 0.3 is 0 Å². The van der Waals surface area contributed by atoms with E-state index in [-0.39, 0.29) is 18.8 Å². The molecule has 29 heavy (non-hydrogen) atoms. The van der Waals surface area contributed by atoms with Gasteiger partial charge < -0.3 is 15.0 Å². The number of nitrogens with one attached hydrogen (secondary N) is 2. The Morgan fingerprint density at radius 3 is 2.38 bits per heavy atom. The molecule has 0 heterocycles. The molecule has 0 aromatic heterocycles. The van der Waals surface area contributed by atoms with Crippen LogP contribution in [0, 0.1) is 0 Å². The second-order valence-corrected chi connectivity index (χ2v) is 8.49. The standard InChI is InChI=1S/C21H30N4O3S/c1-4-22-21(25(2)17-19-10-12-20(28-3)13-11-19)23-14-15-29(26,27)24-16-18-8-6-5-7-9-18/h5-13,24H,4,14-17H2,1-3H3,(H,22,23). The van der Waals surface area contributed by atoms with E-state index in [0.717, 1.165) is 16.9 Å². The van der Waals surface area contributed by atoms with Crippen molar-refractivity contribution in [3.8, 4) is 5.75 Å². The second-order valence-electron chi connectivity index (χ2n) is 6.57. The maximum absolute atomic E-state index is 12.2. The number of ether oxygens (including phenoxy) is 1. The van der Waals surface area contributed by atoms with Gasteiger partial charge in [-0.1, -0.05) is 42.5 Å². The van der Waals surface area contributed by atoms with E-state index in [1.54, 1.807) is 7.11 Å². The van der Waals surface area contributed by atoms with Gasteiger partial charge in [0.1, 0.15) is 5.75 Å². The minimum Gasteiger partial charge on any atom is -0.497 e. The predicted octanol–water partition coefficient (Wildman–Crippen LogP) is 2.21. The number of methoxy groups -OCH3 is 1. The lowest BCUT2D eigenvalue weighted by Crippen LogP contribution is -2.39. The summed E-state index contributed by atoms with van der Waals surface area (Å²) in [6.45, 7) is 3.79. The zero-order chi connectivity index (χ0) is 21.1. The number of rotatable bonds is 10. The first-order chi connectivity index (χ1) is 13.9. The lowest BCUT2D eigenvalue weighted by atomic mass is 10.2. The van der Waals surface area contributed by atoms with Crippen molar-refractivity contribution < 1.29 is 13.2 Å². The summed E-state index contributed by atoms with van der Waals surface area (Å²) in [5.41, 5.74) is 2.03. The maximum Gasteiger partial charge on any atom is 0.213 e. The Labute approximate surface area is 173 Å². The van der Waals surface area contributed by atoms with Crippen LogP contribution in [-0.2, 0) is 23.1 Å². The summed E-state index contributed by atoms with van der Waals surface area (Å²) in [5, 5.41) is 3.21. The monoisotopic (exact) mass is 418 g/mol. The van der Waals surface area contributed by atoms with Crippen molar-refractivity contribution in [2.75, 3.05) is 33.0 Å². The topological polar surface area (TPSA) is 83.0 Å². The number of benzene rings is 2. The van der Waals surface area contributed by atoms with Gasteiger partial charge in [0.05, 0.1) is 19.4 Å². The fourth-order valence-electron chi connectivity index (χ4n) is 2.68. The van der Waals surface area contributed by atoms with Crippen LogP contribution in [0.3, 0.4) is 0 Å². The van der Waals surface area contributed by atoms with Gasteiger partial charge in [-0.3, -0.25) is 4.99 Å². The third-order valence-electron chi connectivity index (χ3n) is 4.24. The largest absolute Gasteiger partial charge is 0.497 e. The van der Waals surface area contributed by atoms with E-state index in [1.807, 2.05) is 73.5 Å². The molecular formula is C21H30N4O3S. The molecule has 2 aromatic rings. The molecule has 0 bridgehead atoms. The van der Waals surface area contributed by atoms with E-state index < -0.39 is 10.0 Å². The molecule has 0 amide bonds. The van der Waals surface area contributed by atoms with Gasteiger partial charge in [-0.15, -0.1) is 0 Å². The van der Waals surface area contributed by atoms with Crippen molar-refractivity contribution in [3.63, 3.8) is 0 Å². The fourth-order valence-corrected chi connectivity index (χ4v) is 3.54. The quantitative estimate of drug-likeness (QED) is 0.457. The summed E-state index contributed by atoms with van der Waals surface area (Å²) in [4.78, 5) is 6.44. The Morgan fingerprint density at radius 1 is 1.07 bits per heavy atom. The minimum atomic E-state index is -3.40. The first-order valence-corrected chi connectivity index (χ1v) is 11.2. The average Bonchev–Trinajstić information content (AvgIpc) is 2.73. The number of aliphatic imine (C=N–C) groups is 1. The molecule has 2 N–H and O–H groups in total. The van der Waals surface area contributed by atoms with Crippen molar-refractivity contribution in [2.24, 2.45) is 4.99 Å². The SMILES string of the molecule is CCNC(=NCCS(=O)(=O)NCc1ccccc1)N(C)Cc1ccc(OC)cc1. The number of sulfonamides is 1. The molecule has 8 heteroatoms. The lowest BCUT2D eigenvalue weighted by Gasteiger charge is -2.22. The summed E-state index contributed by atoms with van der Waals surface area (Å²) in [6.07, 6.45) is 0. The third-order valence-corrected chi connectivity index (χ3v) is 5.54. The normalized spacial score (nSPS) is 11.9. The van der Waals surface area contributed by atoms with Gasteiger partial charge in [-0.25, -0.2) is 13.1 Å². The molecule has 0 atom stereocenters. The minimum absolute atomic E-state index is 0.0644. The van der Waals surface area contributed by atoms with Gasteiger partial charge in [0, 0.05) is 26.7 Å². The van der Waals surface area contributed by atoms with E-state index in [9.17, 15) is 8.42 Å². The van der Waals surface area contributed by atoms with Gasteiger partial charge in [-0.2, -0.15) is 0 Å². The van der Waals surface area contributed by atoms with Crippen LogP contribution in [-0.4, -0.2) is 52.3 Å². The van der Waals surface area contributed by atoms with E-state index in [0.29, 0.717) is 19.0 Å². The smallest absolute Gasteiger partial charge is 0.213 e. The van der Waals surface area contributed by atoms with E-state index >= 15 is 0 Å². The Hall–Kier alpha value is -2.58. The predicted molar refractivity (Wildman–Crippen MR) is 118 cm³/mol. The van der Waals surface area contributed by atoms with Crippen LogP contribution in [0.25, 0.3) is 0 Å². The molecule has 0 radical (unpaired) electrons. The van der Waals surface area contributed by atoms with Crippen molar-refractivity contribution in [2.45, 2.75) is 20.0 Å². The third kappa shape index (κ3) is 8.13. The van der Waals surface area contributed by atoms with Crippen LogP contribution in [0.5, 0.6) is 5.75 Å². The summed E-state index contributed by atoms with van der Waals surface area (Å²) < 4.78 is 32.3. The Morgan fingerprint density at radius 2 is 1.76 bits per heavy atom. The van der Waals surface area contributed by atoms with E-state index in [4.69, 9.17) is 4.74 Å². The molecule has 7 nitrogen and oxygen atoms in total. The summed E-state index contributed by atoms with van der Waals surface area (Å²) in [6, 6.07) is 17.3. The van der Waals surface area contributed by atoms with Gasteiger partial charge in [0.25, 0.3) is 0 Å². The highest BCUT2D eigenvalue weighted by Gasteiger charge is 2.11. The van der Waals surface area contributed by atoms with Crippen LogP contribution in [0.15, 0.2) is 59.6 Å². The van der Waals surface area contributed by atoms with Crippen LogP contribution >= 0.6 is 0 Å². The Bertz CT molecular complexity index is 869. The van der Waals surface area contributed by atoms with Crippen molar-refractivity contribution in [1.29, 1.82) is 0 Å². The van der Waals surface area contributed by atoms with Crippen molar-refractivity contribution >= 4 is 16.0 Å². The Balaban J connectivity index is 1.90. The molecule has 0 unspecified atom stereocenters. The fraction of sp³-hybridized carbons (Fsp3) is 0.381. The van der Waals surface area contributed by atoms with E-state index in [2.05, 4.69) is 15.0 Å². The van der Waals surface area contributed by atoms with Crippen molar-refractivity contribution in [3.05, 3.63) is 65.7 Å². The molecule has 0 aliphatic rings. The molecule has 0 aliphatic carbocycles. The average molecular weight is 419 g/mol. The number of nitrogens with zero attached hydrogens (tertiary/aromatic N) is 2. The first-order valence-electron chi connectivity index (χ1n) is 9.57. The van der Waals surface area contributed by atoms with E-state index in [1.165, 1.54) is 0 Å². The summed E-state index contributed by atoms with van der Waals surface area (Å²) in [5.74, 6) is 1.41. The molecular weight excluding hydrogens is 388 g/mol. The highest BCUT2D eigenvalue weighted by molar-refractivity contribution is 7.89. The van der Waals surface area contributed by atoms with Crippen LogP contribution < -0.4 is 14.8 Å². The molecule has 0 aliphatic heterocycles. The van der Waals surface area contributed by atoms with Crippen molar-refractivity contribution in [1.82, 2.24) is 14.9 Å². The van der Waals surface area contributed by atoms with Gasteiger partial charge in [0.15, 0.2) is 5.96 Å². The summed E-state index contributed by atoms with van der Waals surface area (Å²) in [7, 11) is 0.163. The molecule has 0 spiro atoms. The number of hydrogen-bond donors (Lipinski definition) is 2. The highest BCUT2D eigenvalue weighted by atomic mass is 32.2. The molecule has 2 aromatic carbocycles. The maximum atomic E-state index is 12.2. The zero-order valence-corrected chi connectivity index (χ0v) is 18.1. The molecule has 0 saturated carbocycles. The van der Waals surface area contributed by atoms with Crippen LogP contribution in [0.2, 0.25) is 0 Å².